The van der Waals surface area contributed by atoms with Crippen molar-refractivity contribution in [1.82, 2.24) is 9.71 Å². The van der Waals surface area contributed by atoms with E-state index in [4.69, 9.17) is 11.6 Å². The Labute approximate surface area is 137 Å². The van der Waals surface area contributed by atoms with E-state index < -0.39 is 15.8 Å². The summed E-state index contributed by atoms with van der Waals surface area (Å²) in [6.45, 7) is 1.93. The topological polar surface area (TPSA) is 59.1 Å². The van der Waals surface area contributed by atoms with Crippen LogP contribution in [0.15, 0.2) is 29.3 Å². The van der Waals surface area contributed by atoms with Crippen molar-refractivity contribution >= 4 is 33.0 Å². The lowest BCUT2D eigenvalue weighted by atomic mass is 10.2. The molecule has 2 aromatic rings. The summed E-state index contributed by atoms with van der Waals surface area (Å²) < 4.78 is 40.9. The lowest BCUT2D eigenvalue weighted by molar-refractivity contribution is 0.527. The molecule has 0 radical (unpaired) electrons. The first-order valence-electron chi connectivity index (χ1n) is 6.76. The van der Waals surface area contributed by atoms with Crippen LogP contribution in [-0.4, -0.2) is 13.4 Å². The van der Waals surface area contributed by atoms with Crippen LogP contribution in [0.5, 0.6) is 0 Å². The smallest absolute Gasteiger partial charge is 0.241 e. The van der Waals surface area contributed by atoms with Gasteiger partial charge in [0.1, 0.15) is 10.8 Å². The van der Waals surface area contributed by atoms with Gasteiger partial charge in [-0.15, -0.1) is 11.3 Å². The summed E-state index contributed by atoms with van der Waals surface area (Å²) in [4.78, 5) is 5.28. The first kappa shape index (κ1) is 15.9. The number of aryl methyl sites for hydroxylation is 1. The van der Waals surface area contributed by atoms with Crippen LogP contribution in [0.25, 0.3) is 0 Å². The number of sulfonamides is 1. The van der Waals surface area contributed by atoms with Gasteiger partial charge in [-0.2, -0.15) is 0 Å². The van der Waals surface area contributed by atoms with Gasteiger partial charge >= 0.3 is 0 Å². The summed E-state index contributed by atoms with van der Waals surface area (Å²) in [6.07, 6.45) is 3.67. The Morgan fingerprint density at radius 1 is 1.45 bits per heavy atom. The van der Waals surface area contributed by atoms with Gasteiger partial charge in [-0.05, 0) is 43.9 Å². The van der Waals surface area contributed by atoms with Crippen molar-refractivity contribution < 1.29 is 12.8 Å². The summed E-state index contributed by atoms with van der Waals surface area (Å²) in [7, 11) is -3.78. The second kappa shape index (κ2) is 5.88. The molecule has 1 aromatic heterocycles. The summed E-state index contributed by atoms with van der Waals surface area (Å²) >= 11 is 7.16. The van der Waals surface area contributed by atoms with Crippen LogP contribution < -0.4 is 4.72 Å². The van der Waals surface area contributed by atoms with Gasteiger partial charge in [0.2, 0.25) is 10.0 Å². The molecule has 0 amide bonds. The Morgan fingerprint density at radius 2 is 2.18 bits per heavy atom. The lowest BCUT2D eigenvalue weighted by Crippen LogP contribution is -2.30. The molecule has 1 aliphatic rings. The molecule has 0 saturated heterocycles. The molecule has 22 heavy (non-hydrogen) atoms. The number of benzene rings is 1. The Balaban J connectivity index is 1.89. The average molecular weight is 361 g/mol. The highest BCUT2D eigenvalue weighted by Crippen LogP contribution is 2.42. The minimum atomic E-state index is -3.78. The highest BCUT2D eigenvalue weighted by molar-refractivity contribution is 7.89. The van der Waals surface area contributed by atoms with E-state index in [0.29, 0.717) is 0 Å². The monoisotopic (exact) mass is 360 g/mol. The fourth-order valence-corrected chi connectivity index (χ4v) is 4.71. The first-order valence-corrected chi connectivity index (χ1v) is 9.44. The van der Waals surface area contributed by atoms with Crippen molar-refractivity contribution in [3.8, 4) is 0 Å². The highest BCUT2D eigenvalue weighted by Gasteiger charge is 2.37. The van der Waals surface area contributed by atoms with Crippen LogP contribution in [0.2, 0.25) is 5.02 Å². The van der Waals surface area contributed by atoms with E-state index in [2.05, 4.69) is 9.71 Å². The number of nitrogens with zero attached hydrogens (tertiary/aromatic N) is 1. The van der Waals surface area contributed by atoms with Gasteiger partial charge in [-0.25, -0.2) is 22.5 Å². The van der Waals surface area contributed by atoms with Gasteiger partial charge in [0.25, 0.3) is 0 Å². The molecule has 8 heteroatoms. The van der Waals surface area contributed by atoms with Crippen molar-refractivity contribution in [2.24, 2.45) is 5.92 Å². The summed E-state index contributed by atoms with van der Waals surface area (Å²) in [5.74, 6) is -0.383. The molecule has 1 aromatic carbocycles. The normalized spacial score (nSPS) is 16.7. The molecule has 4 nitrogen and oxygen atoms in total. The quantitative estimate of drug-likeness (QED) is 0.884. The van der Waals surface area contributed by atoms with E-state index in [0.717, 1.165) is 34.9 Å². The molecule has 3 rings (SSSR count). The molecule has 0 aliphatic heterocycles. The molecule has 1 atom stereocenters. The minimum Gasteiger partial charge on any atom is -0.248 e. The SMILES string of the molecule is Cc1cnc(C(NS(=O)(=O)c2ccc(F)c(Cl)c2)C2CC2)s1. The largest absolute Gasteiger partial charge is 0.248 e. The van der Waals surface area contributed by atoms with Crippen LogP contribution in [0, 0.1) is 18.7 Å². The summed E-state index contributed by atoms with van der Waals surface area (Å²) in [5.41, 5.74) is 0. The Kier molecular flexibility index (Phi) is 4.24. The third kappa shape index (κ3) is 3.32. The van der Waals surface area contributed by atoms with E-state index in [1.165, 1.54) is 17.4 Å². The molecule has 1 saturated carbocycles. The molecule has 1 fully saturated rings. The molecule has 1 heterocycles. The Bertz CT molecular complexity index is 803. The zero-order valence-electron chi connectivity index (χ0n) is 11.7. The van der Waals surface area contributed by atoms with Gasteiger partial charge < -0.3 is 0 Å². The predicted molar refractivity (Wildman–Crippen MR) is 84.0 cm³/mol. The van der Waals surface area contributed by atoms with Crippen LogP contribution in [-0.2, 0) is 10.0 Å². The second-order valence-corrected chi connectivity index (χ2v) is 8.71. The minimum absolute atomic E-state index is 0.0437. The number of thiazole rings is 1. The number of hydrogen-bond acceptors (Lipinski definition) is 4. The molecular formula is C14H14ClFN2O2S2. The zero-order chi connectivity index (χ0) is 15.9. The van der Waals surface area contributed by atoms with Crippen LogP contribution in [0.4, 0.5) is 4.39 Å². The number of hydrogen-bond donors (Lipinski definition) is 1. The first-order chi connectivity index (χ1) is 10.4. The van der Waals surface area contributed by atoms with Gasteiger partial charge in [0, 0.05) is 11.1 Å². The van der Waals surface area contributed by atoms with E-state index in [1.807, 2.05) is 6.92 Å². The van der Waals surface area contributed by atoms with E-state index in [9.17, 15) is 12.8 Å². The summed E-state index contributed by atoms with van der Waals surface area (Å²) in [5, 5.41) is 0.549. The second-order valence-electron chi connectivity index (χ2n) is 5.32. The van der Waals surface area contributed by atoms with E-state index in [1.54, 1.807) is 6.20 Å². The van der Waals surface area contributed by atoms with Crippen LogP contribution >= 0.6 is 22.9 Å². The zero-order valence-corrected chi connectivity index (χ0v) is 14.1. The molecule has 1 aliphatic carbocycles. The molecule has 0 spiro atoms. The number of nitrogens with one attached hydrogen (secondary N) is 1. The number of halogens is 2. The third-order valence-corrected chi connectivity index (χ3v) is 6.21. The highest BCUT2D eigenvalue weighted by atomic mass is 35.5. The molecule has 0 bridgehead atoms. The van der Waals surface area contributed by atoms with Crippen molar-refractivity contribution in [3.05, 3.63) is 45.1 Å². The predicted octanol–water partition coefficient (Wildman–Crippen LogP) is 3.67. The molecule has 1 N–H and O–H groups in total. The van der Waals surface area contributed by atoms with E-state index in [-0.39, 0.29) is 21.9 Å². The number of aromatic nitrogens is 1. The molecular weight excluding hydrogens is 347 g/mol. The number of rotatable bonds is 5. The maximum atomic E-state index is 13.2. The van der Waals surface area contributed by atoms with Crippen LogP contribution in [0.1, 0.15) is 28.8 Å². The standard InChI is InChI=1S/C14H14ClFN2O2S2/c1-8-7-17-14(21-8)13(9-2-3-9)18-22(19,20)10-4-5-12(16)11(15)6-10/h4-7,9,13,18H,2-3H2,1H3. The Morgan fingerprint density at radius 3 is 2.73 bits per heavy atom. The molecule has 1 unspecified atom stereocenters. The van der Waals surface area contributed by atoms with Crippen molar-refractivity contribution in [2.75, 3.05) is 0 Å². The summed E-state index contributed by atoms with van der Waals surface area (Å²) in [6, 6.07) is 3.04. The fraction of sp³-hybridized carbons (Fsp3) is 0.357. The van der Waals surface area contributed by atoms with Gasteiger partial charge in [-0.1, -0.05) is 11.6 Å². The van der Waals surface area contributed by atoms with Gasteiger partial charge in [-0.3, -0.25) is 0 Å². The van der Waals surface area contributed by atoms with Crippen molar-refractivity contribution in [3.63, 3.8) is 0 Å². The van der Waals surface area contributed by atoms with Crippen LogP contribution in [0.3, 0.4) is 0 Å². The maximum absolute atomic E-state index is 13.2. The fourth-order valence-electron chi connectivity index (χ4n) is 2.17. The third-order valence-electron chi connectivity index (χ3n) is 3.48. The van der Waals surface area contributed by atoms with E-state index >= 15 is 0 Å². The van der Waals surface area contributed by atoms with Crippen molar-refractivity contribution in [2.45, 2.75) is 30.7 Å². The molecule has 118 valence electrons. The lowest BCUT2D eigenvalue weighted by Gasteiger charge is -2.16. The van der Waals surface area contributed by atoms with Crippen molar-refractivity contribution in [1.29, 1.82) is 0 Å². The average Bonchev–Trinajstić information content (AvgIpc) is 3.21. The maximum Gasteiger partial charge on any atom is 0.241 e. The van der Waals surface area contributed by atoms with Gasteiger partial charge in [0.05, 0.1) is 16.0 Å². The van der Waals surface area contributed by atoms with Gasteiger partial charge in [0.15, 0.2) is 0 Å². The Hall–Kier alpha value is -1.02.